The number of nitrogens with one attached hydrogen (secondary N) is 2. The van der Waals surface area contributed by atoms with E-state index < -0.39 is 10.0 Å². The molecule has 1 saturated heterocycles. The number of benzene rings is 2. The van der Waals surface area contributed by atoms with Gasteiger partial charge in [0.15, 0.2) is 0 Å². The van der Waals surface area contributed by atoms with Gasteiger partial charge < -0.3 is 10.2 Å². The van der Waals surface area contributed by atoms with E-state index in [-0.39, 0.29) is 17.0 Å². The Labute approximate surface area is 154 Å². The quantitative estimate of drug-likeness (QED) is 0.865. The van der Waals surface area contributed by atoms with Crippen LogP contribution >= 0.6 is 0 Å². The number of carbonyl (C=O) groups is 1. The van der Waals surface area contributed by atoms with E-state index >= 15 is 0 Å². The van der Waals surface area contributed by atoms with E-state index in [1.54, 1.807) is 35.2 Å². The predicted molar refractivity (Wildman–Crippen MR) is 102 cm³/mol. The maximum absolute atomic E-state index is 12.4. The van der Waals surface area contributed by atoms with E-state index in [9.17, 15) is 13.2 Å². The zero-order valence-electron chi connectivity index (χ0n) is 14.7. The van der Waals surface area contributed by atoms with Gasteiger partial charge in [-0.25, -0.2) is 17.9 Å². The van der Waals surface area contributed by atoms with E-state index in [0.29, 0.717) is 25.9 Å². The number of carbonyl (C=O) groups excluding carboxylic acids is 1. The zero-order valence-corrected chi connectivity index (χ0v) is 15.5. The van der Waals surface area contributed by atoms with Crippen molar-refractivity contribution in [3.8, 4) is 0 Å². The minimum absolute atomic E-state index is 0.149. The monoisotopic (exact) mass is 373 g/mol. The Morgan fingerprint density at radius 2 is 1.62 bits per heavy atom. The third-order valence-corrected chi connectivity index (χ3v) is 6.08. The molecule has 2 amide bonds. The number of rotatable bonds is 4. The second-order valence-corrected chi connectivity index (χ2v) is 8.15. The number of sulfonamides is 1. The zero-order chi connectivity index (χ0) is 18.6. The molecular formula is C19H23N3O3S. The van der Waals surface area contributed by atoms with Crippen LogP contribution in [0.3, 0.4) is 0 Å². The molecule has 0 saturated carbocycles. The molecule has 0 unspecified atom stereocenters. The van der Waals surface area contributed by atoms with Crippen LogP contribution in [0.1, 0.15) is 18.4 Å². The average molecular weight is 373 g/mol. The molecule has 2 aromatic carbocycles. The Morgan fingerprint density at radius 3 is 2.27 bits per heavy atom. The summed E-state index contributed by atoms with van der Waals surface area (Å²) in [6.07, 6.45) is 1.18. The van der Waals surface area contributed by atoms with Gasteiger partial charge in [0.25, 0.3) is 0 Å². The summed E-state index contributed by atoms with van der Waals surface area (Å²) in [5, 5.41) is 2.92. The number of likely N-dealkylation sites (tertiary alicyclic amines) is 1. The van der Waals surface area contributed by atoms with Gasteiger partial charge in [-0.1, -0.05) is 36.4 Å². The maximum Gasteiger partial charge on any atom is 0.321 e. The van der Waals surface area contributed by atoms with Gasteiger partial charge in [0.05, 0.1) is 4.90 Å². The molecule has 0 atom stereocenters. The molecule has 0 bridgehead atoms. The first-order valence-corrected chi connectivity index (χ1v) is 10.1. The lowest BCUT2D eigenvalue weighted by molar-refractivity contribution is 0.193. The van der Waals surface area contributed by atoms with Crippen LogP contribution < -0.4 is 10.0 Å². The van der Waals surface area contributed by atoms with E-state index in [0.717, 1.165) is 11.3 Å². The van der Waals surface area contributed by atoms with Crippen LogP contribution in [0.15, 0.2) is 59.5 Å². The fourth-order valence-electron chi connectivity index (χ4n) is 2.99. The summed E-state index contributed by atoms with van der Waals surface area (Å²) < 4.78 is 27.5. The molecule has 0 spiro atoms. The van der Waals surface area contributed by atoms with Crippen LogP contribution in [-0.2, 0) is 10.0 Å². The molecule has 1 aliphatic heterocycles. The highest BCUT2D eigenvalue weighted by atomic mass is 32.2. The predicted octanol–water partition coefficient (Wildman–Crippen LogP) is 2.97. The van der Waals surface area contributed by atoms with Crippen molar-refractivity contribution in [2.75, 3.05) is 18.4 Å². The minimum Gasteiger partial charge on any atom is -0.324 e. The van der Waals surface area contributed by atoms with Gasteiger partial charge >= 0.3 is 6.03 Å². The Hall–Kier alpha value is -2.38. The van der Waals surface area contributed by atoms with Gasteiger partial charge in [-0.15, -0.1) is 0 Å². The van der Waals surface area contributed by atoms with Gasteiger partial charge in [-0.05, 0) is 43.5 Å². The molecule has 0 radical (unpaired) electrons. The van der Waals surface area contributed by atoms with Crippen LogP contribution in [0, 0.1) is 6.92 Å². The first-order valence-electron chi connectivity index (χ1n) is 8.64. The van der Waals surface area contributed by atoms with Gasteiger partial charge in [0.2, 0.25) is 10.0 Å². The molecule has 7 heteroatoms. The van der Waals surface area contributed by atoms with Gasteiger partial charge in [0.1, 0.15) is 0 Å². The second kappa shape index (κ2) is 7.88. The van der Waals surface area contributed by atoms with Crippen molar-refractivity contribution < 1.29 is 13.2 Å². The fourth-order valence-corrected chi connectivity index (χ4v) is 4.32. The Bertz CT molecular complexity index is 861. The molecule has 138 valence electrons. The SMILES string of the molecule is Cc1ccccc1NC(=O)N1CCC(NS(=O)(=O)c2ccccc2)CC1. The Morgan fingerprint density at radius 1 is 1.00 bits per heavy atom. The van der Waals surface area contributed by atoms with Crippen LogP contribution in [0.5, 0.6) is 0 Å². The number of anilines is 1. The fraction of sp³-hybridized carbons (Fsp3) is 0.316. The summed E-state index contributed by atoms with van der Waals surface area (Å²) in [5.74, 6) is 0. The van der Waals surface area contributed by atoms with Crippen molar-refractivity contribution >= 4 is 21.7 Å². The number of nitrogens with zero attached hydrogens (tertiary/aromatic N) is 1. The molecule has 3 rings (SSSR count). The van der Waals surface area contributed by atoms with Crippen molar-refractivity contribution in [2.45, 2.75) is 30.7 Å². The molecule has 0 aromatic heterocycles. The molecule has 26 heavy (non-hydrogen) atoms. The molecule has 1 aliphatic rings. The summed E-state index contributed by atoms with van der Waals surface area (Å²) in [7, 11) is -3.52. The standard InChI is InChI=1S/C19H23N3O3S/c1-15-7-5-6-10-18(15)20-19(23)22-13-11-16(12-14-22)21-26(24,25)17-8-3-2-4-9-17/h2-10,16,21H,11-14H2,1H3,(H,20,23). The number of para-hydroxylation sites is 1. The lowest BCUT2D eigenvalue weighted by atomic mass is 10.1. The molecular weight excluding hydrogens is 350 g/mol. The third kappa shape index (κ3) is 4.42. The molecule has 2 N–H and O–H groups in total. The van der Waals surface area contributed by atoms with Gasteiger partial charge in [0, 0.05) is 24.8 Å². The number of hydrogen-bond donors (Lipinski definition) is 2. The minimum atomic E-state index is -3.52. The second-order valence-electron chi connectivity index (χ2n) is 6.44. The summed E-state index contributed by atoms with van der Waals surface area (Å²) in [6, 6.07) is 15.6. The van der Waals surface area contributed by atoms with Crippen LogP contribution in [0.25, 0.3) is 0 Å². The number of hydrogen-bond acceptors (Lipinski definition) is 3. The first-order chi connectivity index (χ1) is 12.5. The summed E-state index contributed by atoms with van der Waals surface area (Å²) >= 11 is 0. The molecule has 1 fully saturated rings. The van der Waals surface area contributed by atoms with Gasteiger partial charge in [-0.3, -0.25) is 0 Å². The van der Waals surface area contributed by atoms with Crippen molar-refractivity contribution in [1.82, 2.24) is 9.62 Å². The van der Waals surface area contributed by atoms with Crippen molar-refractivity contribution in [3.63, 3.8) is 0 Å². The average Bonchev–Trinajstić information content (AvgIpc) is 2.64. The van der Waals surface area contributed by atoms with Crippen LogP contribution in [0.4, 0.5) is 10.5 Å². The van der Waals surface area contributed by atoms with E-state index in [1.807, 2.05) is 31.2 Å². The van der Waals surface area contributed by atoms with Crippen molar-refractivity contribution in [1.29, 1.82) is 0 Å². The third-order valence-electron chi connectivity index (χ3n) is 4.54. The Kier molecular flexibility index (Phi) is 5.58. The maximum atomic E-state index is 12.4. The van der Waals surface area contributed by atoms with Crippen molar-refractivity contribution in [3.05, 3.63) is 60.2 Å². The number of piperidine rings is 1. The topological polar surface area (TPSA) is 78.5 Å². The molecule has 1 heterocycles. The summed E-state index contributed by atoms with van der Waals surface area (Å²) in [6.45, 7) is 2.97. The summed E-state index contributed by atoms with van der Waals surface area (Å²) in [5.41, 5.74) is 1.80. The van der Waals surface area contributed by atoms with E-state index in [1.165, 1.54) is 0 Å². The smallest absolute Gasteiger partial charge is 0.321 e. The number of aryl methyl sites for hydroxylation is 1. The van der Waals surface area contributed by atoms with E-state index in [4.69, 9.17) is 0 Å². The number of urea groups is 1. The van der Waals surface area contributed by atoms with Crippen LogP contribution in [0.2, 0.25) is 0 Å². The highest BCUT2D eigenvalue weighted by Crippen LogP contribution is 2.18. The van der Waals surface area contributed by atoms with Crippen molar-refractivity contribution in [2.24, 2.45) is 0 Å². The first kappa shape index (κ1) is 18.4. The van der Waals surface area contributed by atoms with Crippen LogP contribution in [-0.4, -0.2) is 38.5 Å². The highest BCUT2D eigenvalue weighted by Gasteiger charge is 2.26. The van der Waals surface area contributed by atoms with E-state index in [2.05, 4.69) is 10.0 Å². The largest absolute Gasteiger partial charge is 0.324 e. The molecule has 2 aromatic rings. The number of amides is 2. The molecule has 6 nitrogen and oxygen atoms in total. The normalized spacial score (nSPS) is 15.7. The highest BCUT2D eigenvalue weighted by molar-refractivity contribution is 7.89. The summed E-state index contributed by atoms with van der Waals surface area (Å²) in [4.78, 5) is 14.4. The lowest BCUT2D eigenvalue weighted by Gasteiger charge is -2.32. The molecule has 0 aliphatic carbocycles. The van der Waals surface area contributed by atoms with Gasteiger partial charge in [-0.2, -0.15) is 0 Å². The lowest BCUT2D eigenvalue weighted by Crippen LogP contribution is -2.47. The Balaban J connectivity index is 1.54.